The predicted molar refractivity (Wildman–Crippen MR) is 83.5 cm³/mol. The number of hydrogen-bond donors (Lipinski definition) is 3. The maximum atomic E-state index is 13.0. The fourth-order valence-electron chi connectivity index (χ4n) is 3.28. The minimum Gasteiger partial charge on any atom is -0.388 e. The van der Waals surface area contributed by atoms with Gasteiger partial charge in [-0.15, -0.1) is 0 Å². The molecule has 1 saturated heterocycles. The predicted octanol–water partition coefficient (Wildman–Crippen LogP) is 0.429. The standard InChI is InChI=1S/C15H24N2O4S/c1-14(2)12(18)13(19)15(3,4)17(14)22(20,21)11-7-5-10(9-16)6-8-11/h5-8,12-13,18-19H,9,16H2,1-4H3/t12-,13+. The monoisotopic (exact) mass is 328 g/mol. The Morgan fingerprint density at radius 3 is 1.82 bits per heavy atom. The van der Waals surface area contributed by atoms with Crippen LogP contribution in [0.2, 0.25) is 0 Å². The Morgan fingerprint density at radius 2 is 1.45 bits per heavy atom. The molecule has 6 nitrogen and oxygen atoms in total. The van der Waals surface area contributed by atoms with E-state index in [4.69, 9.17) is 5.73 Å². The Bertz CT molecular complexity index is 633. The SMILES string of the molecule is CC1(C)[C@H](O)[C@H](O)C(C)(C)N1S(=O)(=O)c1ccc(CN)cc1. The molecule has 1 aliphatic heterocycles. The lowest BCUT2D eigenvalue weighted by molar-refractivity contribution is 0.000554. The number of aliphatic hydroxyl groups is 2. The molecule has 1 aromatic rings. The highest BCUT2D eigenvalue weighted by molar-refractivity contribution is 7.89. The Kier molecular flexibility index (Phi) is 4.17. The van der Waals surface area contributed by atoms with Crippen LogP contribution in [0.1, 0.15) is 33.3 Å². The van der Waals surface area contributed by atoms with E-state index in [0.29, 0.717) is 6.54 Å². The first kappa shape index (κ1) is 17.4. The highest BCUT2D eigenvalue weighted by Crippen LogP contribution is 2.44. The fraction of sp³-hybridized carbons (Fsp3) is 0.600. The average molecular weight is 328 g/mol. The first-order valence-corrected chi connectivity index (χ1v) is 8.62. The van der Waals surface area contributed by atoms with Crippen LogP contribution in [0.15, 0.2) is 29.2 Å². The minimum atomic E-state index is -3.87. The van der Waals surface area contributed by atoms with E-state index in [1.165, 1.54) is 16.4 Å². The number of nitrogens with two attached hydrogens (primary N) is 1. The minimum absolute atomic E-state index is 0.118. The number of aliphatic hydroxyl groups excluding tert-OH is 2. The van der Waals surface area contributed by atoms with Crippen molar-refractivity contribution in [2.75, 3.05) is 0 Å². The van der Waals surface area contributed by atoms with Crippen LogP contribution >= 0.6 is 0 Å². The maximum absolute atomic E-state index is 13.0. The summed E-state index contributed by atoms with van der Waals surface area (Å²) in [5.74, 6) is 0. The van der Waals surface area contributed by atoms with Crippen LogP contribution in [0.4, 0.5) is 0 Å². The van der Waals surface area contributed by atoms with Gasteiger partial charge in [-0.2, -0.15) is 4.31 Å². The number of benzene rings is 1. The molecular formula is C15H24N2O4S. The third-order valence-electron chi connectivity index (χ3n) is 4.49. The summed E-state index contributed by atoms with van der Waals surface area (Å²) in [6.07, 6.45) is -2.33. The molecule has 1 heterocycles. The number of rotatable bonds is 3. The van der Waals surface area contributed by atoms with Crippen LogP contribution in [0.25, 0.3) is 0 Å². The quantitative estimate of drug-likeness (QED) is 0.746. The van der Waals surface area contributed by atoms with Crippen molar-refractivity contribution in [3.63, 3.8) is 0 Å². The van der Waals surface area contributed by atoms with Gasteiger partial charge < -0.3 is 15.9 Å². The molecule has 1 aromatic carbocycles. The van der Waals surface area contributed by atoms with Crippen molar-refractivity contribution in [2.24, 2.45) is 5.73 Å². The molecule has 0 radical (unpaired) electrons. The van der Waals surface area contributed by atoms with Crippen LogP contribution in [0.5, 0.6) is 0 Å². The smallest absolute Gasteiger partial charge is 0.244 e. The lowest BCUT2D eigenvalue weighted by Gasteiger charge is -2.39. The van der Waals surface area contributed by atoms with Crippen molar-refractivity contribution in [1.29, 1.82) is 0 Å². The summed E-state index contributed by atoms with van der Waals surface area (Å²) in [5.41, 5.74) is 4.13. The number of hydrogen-bond acceptors (Lipinski definition) is 5. The Hall–Kier alpha value is -0.990. The molecule has 0 amide bonds. The van der Waals surface area contributed by atoms with Gasteiger partial charge in [0.15, 0.2) is 0 Å². The van der Waals surface area contributed by atoms with E-state index in [1.54, 1.807) is 39.8 Å². The first-order chi connectivity index (χ1) is 9.97. The van der Waals surface area contributed by atoms with Crippen LogP contribution in [-0.2, 0) is 16.6 Å². The average Bonchev–Trinajstić information content (AvgIpc) is 2.56. The molecule has 0 aromatic heterocycles. The molecule has 0 aliphatic carbocycles. The molecule has 0 saturated carbocycles. The molecule has 7 heteroatoms. The second-order valence-corrected chi connectivity index (χ2v) is 8.60. The topological polar surface area (TPSA) is 104 Å². The lowest BCUT2D eigenvalue weighted by atomic mass is 9.94. The first-order valence-electron chi connectivity index (χ1n) is 7.18. The van der Waals surface area contributed by atoms with Crippen molar-refractivity contribution < 1.29 is 18.6 Å². The van der Waals surface area contributed by atoms with Crippen molar-refractivity contribution in [3.05, 3.63) is 29.8 Å². The summed E-state index contributed by atoms with van der Waals surface area (Å²) < 4.78 is 27.3. The molecule has 1 fully saturated rings. The molecule has 0 unspecified atom stereocenters. The van der Waals surface area contributed by atoms with Crippen LogP contribution in [0.3, 0.4) is 0 Å². The summed E-state index contributed by atoms with van der Waals surface area (Å²) in [6, 6.07) is 6.33. The zero-order valence-corrected chi connectivity index (χ0v) is 14.1. The van der Waals surface area contributed by atoms with E-state index in [2.05, 4.69) is 0 Å². The summed E-state index contributed by atoms with van der Waals surface area (Å²) in [6.45, 7) is 6.78. The Morgan fingerprint density at radius 1 is 1.05 bits per heavy atom. The van der Waals surface area contributed by atoms with Gasteiger partial charge >= 0.3 is 0 Å². The van der Waals surface area contributed by atoms with Gasteiger partial charge in [0, 0.05) is 6.54 Å². The number of nitrogens with zero attached hydrogens (tertiary/aromatic N) is 1. The highest BCUT2D eigenvalue weighted by Gasteiger charge is 2.62. The van der Waals surface area contributed by atoms with Crippen LogP contribution in [-0.4, -0.2) is 46.2 Å². The van der Waals surface area contributed by atoms with Crippen molar-refractivity contribution in [1.82, 2.24) is 4.31 Å². The van der Waals surface area contributed by atoms with Crippen molar-refractivity contribution in [3.8, 4) is 0 Å². The van der Waals surface area contributed by atoms with Crippen molar-refractivity contribution in [2.45, 2.75) is 62.4 Å². The molecule has 1 aliphatic rings. The molecule has 0 bridgehead atoms. The third kappa shape index (κ3) is 2.37. The maximum Gasteiger partial charge on any atom is 0.244 e. The highest BCUT2D eigenvalue weighted by atomic mass is 32.2. The largest absolute Gasteiger partial charge is 0.388 e. The number of sulfonamides is 1. The molecule has 2 rings (SSSR count). The Labute approximate surface area is 131 Å². The normalized spacial score (nSPS) is 28.0. The van der Waals surface area contributed by atoms with Gasteiger partial charge in [-0.3, -0.25) is 0 Å². The van der Waals surface area contributed by atoms with Gasteiger partial charge in [0.1, 0.15) is 12.2 Å². The van der Waals surface area contributed by atoms with Gasteiger partial charge in [-0.05, 0) is 45.4 Å². The second-order valence-electron chi connectivity index (χ2n) is 6.81. The molecule has 22 heavy (non-hydrogen) atoms. The third-order valence-corrected chi connectivity index (χ3v) is 6.78. The van der Waals surface area contributed by atoms with E-state index in [0.717, 1.165) is 5.56 Å². The van der Waals surface area contributed by atoms with Crippen LogP contribution in [0, 0.1) is 0 Å². The van der Waals surface area contributed by atoms with Gasteiger partial charge in [-0.1, -0.05) is 12.1 Å². The summed E-state index contributed by atoms with van der Waals surface area (Å²) in [5, 5.41) is 20.5. The Balaban J connectivity index is 2.56. The van der Waals surface area contributed by atoms with Crippen LogP contribution < -0.4 is 5.73 Å². The van der Waals surface area contributed by atoms with Gasteiger partial charge in [0.2, 0.25) is 10.0 Å². The summed E-state index contributed by atoms with van der Waals surface area (Å²) >= 11 is 0. The van der Waals surface area contributed by atoms with E-state index in [-0.39, 0.29) is 4.90 Å². The van der Waals surface area contributed by atoms with Gasteiger partial charge in [0.05, 0.1) is 16.0 Å². The van der Waals surface area contributed by atoms with E-state index in [9.17, 15) is 18.6 Å². The summed E-state index contributed by atoms with van der Waals surface area (Å²) in [4.78, 5) is 0.118. The zero-order valence-electron chi connectivity index (χ0n) is 13.3. The van der Waals surface area contributed by atoms with Crippen molar-refractivity contribution >= 4 is 10.0 Å². The fourth-order valence-corrected chi connectivity index (χ4v) is 5.42. The van der Waals surface area contributed by atoms with Gasteiger partial charge in [-0.25, -0.2) is 8.42 Å². The molecule has 4 N–H and O–H groups in total. The van der Waals surface area contributed by atoms with E-state index in [1.807, 2.05) is 0 Å². The lowest BCUT2D eigenvalue weighted by Crippen LogP contribution is -2.54. The molecule has 2 atom stereocenters. The van der Waals surface area contributed by atoms with Gasteiger partial charge in [0.25, 0.3) is 0 Å². The molecule has 124 valence electrons. The second kappa shape index (κ2) is 5.28. The summed E-state index contributed by atoms with van der Waals surface area (Å²) in [7, 11) is -3.87. The van der Waals surface area contributed by atoms with E-state index >= 15 is 0 Å². The molecular weight excluding hydrogens is 304 g/mol. The van der Waals surface area contributed by atoms with E-state index < -0.39 is 33.3 Å². The zero-order chi connectivity index (χ0) is 16.9. The molecule has 0 spiro atoms.